The number of nitrogens with one attached hydrogen (secondary N) is 1. The molecule has 5 nitrogen and oxygen atoms in total. The molecule has 0 amide bonds. The molecule has 0 bridgehead atoms. The number of hydrogen-bond donors (Lipinski definition) is 1. The van der Waals surface area contributed by atoms with Crippen LogP contribution in [0.3, 0.4) is 0 Å². The summed E-state index contributed by atoms with van der Waals surface area (Å²) < 4.78 is 16.1. The molecule has 0 unspecified atom stereocenters. The van der Waals surface area contributed by atoms with Crippen LogP contribution in [-0.4, -0.2) is 38.3 Å². The van der Waals surface area contributed by atoms with Gasteiger partial charge in [0, 0.05) is 30.8 Å². The Labute approximate surface area is 161 Å². The van der Waals surface area contributed by atoms with Crippen LogP contribution in [0.25, 0.3) is 16.6 Å². The normalized spacial score (nSPS) is 25.0. The molecule has 0 saturated carbocycles. The molecule has 1 N–H and O–H groups in total. The van der Waals surface area contributed by atoms with Crippen LogP contribution >= 0.6 is 11.8 Å². The van der Waals surface area contributed by atoms with E-state index in [1.165, 1.54) is 6.33 Å². The summed E-state index contributed by atoms with van der Waals surface area (Å²) in [6.07, 6.45) is 8.69. The summed E-state index contributed by atoms with van der Waals surface area (Å²) in [6.45, 7) is 2.08. The Kier molecular flexibility index (Phi) is 4.80. The summed E-state index contributed by atoms with van der Waals surface area (Å²) in [6, 6.07) is 1.89. The monoisotopic (exact) mass is 386 g/mol. The second-order valence-corrected chi connectivity index (χ2v) is 8.45. The minimum atomic E-state index is -1.31. The second-order valence-electron chi connectivity index (χ2n) is 7.30. The van der Waals surface area contributed by atoms with Crippen molar-refractivity contribution in [2.45, 2.75) is 25.4 Å². The first-order valence-corrected chi connectivity index (χ1v) is 10.4. The summed E-state index contributed by atoms with van der Waals surface area (Å²) in [5, 5.41) is 4.08. The van der Waals surface area contributed by atoms with Gasteiger partial charge in [0.2, 0.25) is 0 Å². The first-order chi connectivity index (χ1) is 13.0. The van der Waals surface area contributed by atoms with Crippen LogP contribution < -0.4 is 10.9 Å². The molecular formula is C20H23FN4OS. The largest absolute Gasteiger partial charge is 0.369 e. The van der Waals surface area contributed by atoms with E-state index in [-0.39, 0.29) is 11.5 Å². The lowest BCUT2D eigenvalue weighted by atomic mass is 9.94. The SMILES string of the molecule is Cn1c(=O)c(C2=CCSCC2)cc2c(NC[C@H]3CC=C[C@@]3(C)F)ncnc21. The Bertz CT molecular complexity index is 995. The predicted octanol–water partition coefficient (Wildman–Crippen LogP) is 3.57. The van der Waals surface area contributed by atoms with Gasteiger partial charge in [-0.05, 0) is 37.2 Å². The molecule has 0 aromatic carbocycles. The zero-order valence-electron chi connectivity index (χ0n) is 15.5. The van der Waals surface area contributed by atoms with Crippen molar-refractivity contribution >= 4 is 34.2 Å². The van der Waals surface area contributed by atoms with Gasteiger partial charge in [0.25, 0.3) is 5.56 Å². The van der Waals surface area contributed by atoms with Crippen LogP contribution in [0.1, 0.15) is 25.3 Å². The topological polar surface area (TPSA) is 59.8 Å². The molecule has 0 fully saturated rings. The molecule has 2 aromatic rings. The van der Waals surface area contributed by atoms with Crippen LogP contribution in [0.15, 0.2) is 35.4 Å². The fourth-order valence-electron chi connectivity index (χ4n) is 3.74. The lowest BCUT2D eigenvalue weighted by Gasteiger charge is -2.23. The third kappa shape index (κ3) is 3.40. The predicted molar refractivity (Wildman–Crippen MR) is 110 cm³/mol. The number of anilines is 1. The second kappa shape index (κ2) is 7.11. The maximum Gasteiger partial charge on any atom is 0.259 e. The van der Waals surface area contributed by atoms with Crippen molar-refractivity contribution < 1.29 is 4.39 Å². The van der Waals surface area contributed by atoms with Gasteiger partial charge in [-0.3, -0.25) is 9.36 Å². The molecule has 0 spiro atoms. The Morgan fingerprint density at radius 1 is 1.44 bits per heavy atom. The summed E-state index contributed by atoms with van der Waals surface area (Å²) in [5.74, 6) is 2.46. The van der Waals surface area contributed by atoms with Crippen LogP contribution in [0.2, 0.25) is 0 Å². The smallest absolute Gasteiger partial charge is 0.259 e. The molecule has 2 aliphatic rings. The van der Waals surface area contributed by atoms with Gasteiger partial charge in [0.15, 0.2) is 0 Å². The maximum absolute atomic E-state index is 14.5. The van der Waals surface area contributed by atoms with Gasteiger partial charge >= 0.3 is 0 Å². The number of fused-ring (bicyclic) bond motifs is 1. The highest BCUT2D eigenvalue weighted by atomic mass is 32.2. The van der Waals surface area contributed by atoms with Gasteiger partial charge < -0.3 is 5.32 Å². The van der Waals surface area contributed by atoms with Crippen molar-refractivity contribution in [3.8, 4) is 0 Å². The fraction of sp³-hybridized carbons (Fsp3) is 0.450. The van der Waals surface area contributed by atoms with E-state index in [2.05, 4.69) is 21.4 Å². The minimum Gasteiger partial charge on any atom is -0.369 e. The lowest BCUT2D eigenvalue weighted by Crippen LogP contribution is -2.30. The summed E-state index contributed by atoms with van der Waals surface area (Å²) in [5.41, 5.74) is 1.03. The van der Waals surface area contributed by atoms with Crippen LogP contribution in [0.4, 0.5) is 10.2 Å². The average Bonchev–Trinajstić information content (AvgIpc) is 3.01. The molecular weight excluding hydrogens is 363 g/mol. The van der Waals surface area contributed by atoms with Gasteiger partial charge in [-0.25, -0.2) is 14.4 Å². The Morgan fingerprint density at radius 2 is 2.30 bits per heavy atom. The fourth-order valence-corrected chi connectivity index (χ4v) is 4.59. The van der Waals surface area contributed by atoms with E-state index >= 15 is 0 Å². The maximum atomic E-state index is 14.5. The number of pyridine rings is 1. The number of rotatable bonds is 4. The first kappa shape index (κ1) is 18.2. The molecule has 0 radical (unpaired) electrons. The van der Waals surface area contributed by atoms with E-state index in [1.807, 2.05) is 23.9 Å². The van der Waals surface area contributed by atoms with Crippen LogP contribution in [0.5, 0.6) is 0 Å². The van der Waals surface area contributed by atoms with E-state index in [9.17, 15) is 9.18 Å². The van der Waals surface area contributed by atoms with Crippen LogP contribution in [0, 0.1) is 5.92 Å². The Balaban J connectivity index is 1.72. The Hall–Kier alpha value is -2.15. The zero-order chi connectivity index (χ0) is 19.0. The third-order valence-electron chi connectivity index (χ3n) is 5.49. The summed E-state index contributed by atoms with van der Waals surface area (Å²) >= 11 is 1.87. The number of nitrogens with zero attached hydrogens (tertiary/aromatic N) is 3. The Morgan fingerprint density at radius 3 is 3.00 bits per heavy atom. The van der Waals surface area contributed by atoms with Gasteiger partial charge in [-0.1, -0.05) is 18.2 Å². The van der Waals surface area contributed by atoms with Crippen molar-refractivity contribution in [2.75, 3.05) is 23.4 Å². The molecule has 1 aliphatic heterocycles. The highest BCUT2D eigenvalue weighted by molar-refractivity contribution is 7.99. The average molecular weight is 386 g/mol. The molecule has 0 saturated heterocycles. The summed E-state index contributed by atoms with van der Waals surface area (Å²) in [4.78, 5) is 21.5. The van der Waals surface area contributed by atoms with Crippen molar-refractivity contribution in [2.24, 2.45) is 13.0 Å². The van der Waals surface area contributed by atoms with E-state index < -0.39 is 5.67 Å². The molecule has 142 valence electrons. The van der Waals surface area contributed by atoms with Crippen molar-refractivity contribution in [3.63, 3.8) is 0 Å². The van der Waals surface area contributed by atoms with E-state index in [0.717, 1.165) is 28.9 Å². The van der Waals surface area contributed by atoms with Gasteiger partial charge in [-0.2, -0.15) is 11.8 Å². The van der Waals surface area contributed by atoms with Crippen molar-refractivity contribution in [1.29, 1.82) is 0 Å². The molecule has 27 heavy (non-hydrogen) atoms. The molecule has 1 aliphatic carbocycles. The molecule has 7 heteroatoms. The number of aryl methyl sites for hydroxylation is 1. The quantitative estimate of drug-likeness (QED) is 0.814. The molecule has 3 heterocycles. The minimum absolute atomic E-state index is 0.0402. The standard InChI is InChI=1S/C20H23FN4OS/c1-20(21)7-3-4-14(20)11-22-17-16-10-15(13-5-8-27-9-6-13)19(26)25(2)18(16)24-12-23-17/h3,5,7,10,12,14H,4,6,8-9,11H2,1-2H3,(H,22,23,24)/t14-,20-/m1/s1. The molecule has 4 rings (SSSR count). The number of hydrogen-bond acceptors (Lipinski definition) is 5. The van der Waals surface area contributed by atoms with Crippen LogP contribution in [-0.2, 0) is 7.05 Å². The van der Waals surface area contributed by atoms with Crippen molar-refractivity contribution in [3.05, 3.63) is 46.5 Å². The number of halogens is 1. The molecule has 2 atom stereocenters. The van der Waals surface area contributed by atoms with Gasteiger partial charge in [-0.15, -0.1) is 0 Å². The zero-order valence-corrected chi connectivity index (χ0v) is 16.4. The first-order valence-electron chi connectivity index (χ1n) is 9.20. The van der Waals surface area contributed by atoms with Gasteiger partial charge in [0.1, 0.15) is 23.5 Å². The summed E-state index contributed by atoms with van der Waals surface area (Å²) in [7, 11) is 1.74. The molecule has 2 aromatic heterocycles. The van der Waals surface area contributed by atoms with E-state index in [1.54, 1.807) is 24.6 Å². The number of alkyl halides is 1. The van der Waals surface area contributed by atoms with E-state index in [0.29, 0.717) is 30.0 Å². The number of allylic oxidation sites excluding steroid dienone is 3. The highest BCUT2D eigenvalue weighted by Gasteiger charge is 2.34. The van der Waals surface area contributed by atoms with Crippen molar-refractivity contribution in [1.82, 2.24) is 14.5 Å². The number of thioether (sulfide) groups is 1. The third-order valence-corrected chi connectivity index (χ3v) is 6.39. The van der Waals surface area contributed by atoms with E-state index in [4.69, 9.17) is 0 Å². The highest BCUT2D eigenvalue weighted by Crippen LogP contribution is 2.33. The van der Waals surface area contributed by atoms with Gasteiger partial charge in [0.05, 0.1) is 5.39 Å². The number of aromatic nitrogens is 3. The lowest BCUT2D eigenvalue weighted by molar-refractivity contribution is 0.183.